The lowest BCUT2D eigenvalue weighted by molar-refractivity contribution is -0.126. The van der Waals surface area contributed by atoms with Gasteiger partial charge in [0.1, 0.15) is 0 Å². The molecule has 0 spiro atoms. The molecule has 0 unspecified atom stereocenters. The van der Waals surface area contributed by atoms with E-state index in [1.165, 1.54) is 7.11 Å². The van der Waals surface area contributed by atoms with Gasteiger partial charge in [-0.25, -0.2) is 0 Å². The van der Waals surface area contributed by atoms with Gasteiger partial charge < -0.3 is 19.7 Å². The normalized spacial score (nSPS) is 11.2. The second-order valence-corrected chi connectivity index (χ2v) is 6.41. The topological polar surface area (TPSA) is 65.6 Å². The Hall–Kier alpha value is -3.21. The summed E-state index contributed by atoms with van der Waals surface area (Å²) in [4.78, 5) is 17.9. The van der Waals surface area contributed by atoms with Crippen molar-refractivity contribution in [3.63, 3.8) is 0 Å². The standard InChI is InChI=1S/C22H24N2O3/c1-3-12-24(15-18-14-17-6-4-5-7-19(17)23-18)22(26)11-9-16-8-10-20(25)21(13-16)27-2/h4-11,13-14,23,25H,3,12,15H2,1-2H3/b11-9+. The number of amides is 1. The highest BCUT2D eigenvalue weighted by Crippen LogP contribution is 2.26. The van der Waals surface area contributed by atoms with Crippen LogP contribution in [0.3, 0.4) is 0 Å². The van der Waals surface area contributed by atoms with Crippen molar-refractivity contribution in [1.29, 1.82) is 0 Å². The molecule has 2 aromatic carbocycles. The van der Waals surface area contributed by atoms with E-state index in [0.29, 0.717) is 18.8 Å². The van der Waals surface area contributed by atoms with Crippen molar-refractivity contribution in [3.8, 4) is 11.5 Å². The Bertz CT molecular complexity index is 926. The molecule has 5 nitrogen and oxygen atoms in total. The van der Waals surface area contributed by atoms with Crippen LogP contribution in [0.2, 0.25) is 0 Å². The number of rotatable bonds is 7. The van der Waals surface area contributed by atoms with Crippen LogP contribution < -0.4 is 4.74 Å². The number of phenolic OH excluding ortho intramolecular Hbond substituents is 1. The molecule has 0 aliphatic carbocycles. The Morgan fingerprint density at radius 1 is 1.22 bits per heavy atom. The molecule has 1 aromatic heterocycles. The van der Waals surface area contributed by atoms with Crippen LogP contribution in [0, 0.1) is 0 Å². The molecule has 3 rings (SSSR count). The Morgan fingerprint density at radius 3 is 2.78 bits per heavy atom. The van der Waals surface area contributed by atoms with E-state index in [1.807, 2.05) is 23.1 Å². The van der Waals surface area contributed by atoms with Crippen LogP contribution in [0.1, 0.15) is 24.6 Å². The van der Waals surface area contributed by atoms with E-state index in [0.717, 1.165) is 28.6 Å². The lowest BCUT2D eigenvalue weighted by Gasteiger charge is -2.19. The molecule has 0 atom stereocenters. The number of fused-ring (bicyclic) bond motifs is 1. The highest BCUT2D eigenvalue weighted by atomic mass is 16.5. The van der Waals surface area contributed by atoms with Gasteiger partial charge in [0.05, 0.1) is 13.7 Å². The molecule has 0 fully saturated rings. The van der Waals surface area contributed by atoms with Crippen molar-refractivity contribution in [2.75, 3.05) is 13.7 Å². The second-order valence-electron chi connectivity index (χ2n) is 6.41. The van der Waals surface area contributed by atoms with Crippen LogP contribution in [-0.4, -0.2) is 34.6 Å². The van der Waals surface area contributed by atoms with E-state index in [2.05, 4.69) is 24.0 Å². The fraction of sp³-hybridized carbons (Fsp3) is 0.227. The summed E-state index contributed by atoms with van der Waals surface area (Å²) in [6, 6.07) is 15.2. The molecule has 0 saturated heterocycles. The molecule has 5 heteroatoms. The summed E-state index contributed by atoms with van der Waals surface area (Å²) in [7, 11) is 1.50. The highest BCUT2D eigenvalue weighted by molar-refractivity contribution is 5.92. The zero-order valence-electron chi connectivity index (χ0n) is 15.6. The highest BCUT2D eigenvalue weighted by Gasteiger charge is 2.12. The van der Waals surface area contributed by atoms with E-state index < -0.39 is 0 Å². The summed E-state index contributed by atoms with van der Waals surface area (Å²) in [5.41, 5.74) is 2.88. The van der Waals surface area contributed by atoms with Gasteiger partial charge in [0.15, 0.2) is 11.5 Å². The average molecular weight is 364 g/mol. The molecule has 3 aromatic rings. The summed E-state index contributed by atoms with van der Waals surface area (Å²) < 4.78 is 5.10. The van der Waals surface area contributed by atoms with Crippen molar-refractivity contribution < 1.29 is 14.6 Å². The van der Waals surface area contributed by atoms with Gasteiger partial charge in [0, 0.05) is 23.8 Å². The maximum atomic E-state index is 12.7. The van der Waals surface area contributed by atoms with Crippen LogP contribution >= 0.6 is 0 Å². The lowest BCUT2D eigenvalue weighted by atomic mass is 10.2. The monoisotopic (exact) mass is 364 g/mol. The molecule has 2 N–H and O–H groups in total. The quantitative estimate of drug-likeness (QED) is 0.613. The Kier molecular flexibility index (Phi) is 5.81. The minimum Gasteiger partial charge on any atom is -0.504 e. The number of H-pyrrole nitrogens is 1. The van der Waals surface area contributed by atoms with Gasteiger partial charge in [-0.15, -0.1) is 0 Å². The molecule has 0 aliphatic heterocycles. The Balaban J connectivity index is 1.74. The summed E-state index contributed by atoms with van der Waals surface area (Å²) >= 11 is 0. The van der Waals surface area contributed by atoms with Crippen LogP contribution in [0.15, 0.2) is 54.6 Å². The van der Waals surface area contributed by atoms with Gasteiger partial charge in [-0.05, 0) is 47.7 Å². The number of para-hydroxylation sites is 1. The number of ether oxygens (including phenoxy) is 1. The predicted molar refractivity (Wildman–Crippen MR) is 108 cm³/mol. The predicted octanol–water partition coefficient (Wildman–Crippen LogP) is 4.33. The summed E-state index contributed by atoms with van der Waals surface area (Å²) in [6.45, 7) is 3.27. The molecular weight excluding hydrogens is 340 g/mol. The minimum atomic E-state index is -0.0532. The smallest absolute Gasteiger partial charge is 0.246 e. The van der Waals surface area contributed by atoms with Crippen LogP contribution in [0.5, 0.6) is 11.5 Å². The summed E-state index contributed by atoms with van der Waals surface area (Å²) in [5.74, 6) is 0.406. The van der Waals surface area contributed by atoms with Crippen molar-refractivity contribution >= 4 is 22.9 Å². The van der Waals surface area contributed by atoms with Gasteiger partial charge in [0.2, 0.25) is 5.91 Å². The Labute approximate surface area is 158 Å². The first-order valence-electron chi connectivity index (χ1n) is 9.01. The number of hydrogen-bond acceptors (Lipinski definition) is 3. The van der Waals surface area contributed by atoms with Gasteiger partial charge in [-0.2, -0.15) is 0 Å². The molecule has 0 radical (unpaired) electrons. The van der Waals surface area contributed by atoms with E-state index >= 15 is 0 Å². The number of aromatic nitrogens is 1. The minimum absolute atomic E-state index is 0.0532. The first kappa shape index (κ1) is 18.6. The number of carbonyl (C=O) groups excluding carboxylic acids is 1. The third-order valence-corrected chi connectivity index (χ3v) is 4.37. The molecular formula is C22H24N2O3. The molecule has 27 heavy (non-hydrogen) atoms. The molecule has 0 bridgehead atoms. The van der Waals surface area contributed by atoms with E-state index in [-0.39, 0.29) is 11.7 Å². The number of benzene rings is 2. The molecule has 0 saturated carbocycles. The molecule has 140 valence electrons. The second kappa shape index (κ2) is 8.45. The molecule has 1 amide bonds. The van der Waals surface area contributed by atoms with Gasteiger partial charge in [0.25, 0.3) is 0 Å². The van der Waals surface area contributed by atoms with Gasteiger partial charge >= 0.3 is 0 Å². The van der Waals surface area contributed by atoms with E-state index in [4.69, 9.17) is 4.74 Å². The van der Waals surface area contributed by atoms with Gasteiger partial charge in [-0.3, -0.25) is 4.79 Å². The van der Waals surface area contributed by atoms with Crippen molar-refractivity contribution in [2.45, 2.75) is 19.9 Å². The van der Waals surface area contributed by atoms with Crippen molar-refractivity contribution in [1.82, 2.24) is 9.88 Å². The van der Waals surface area contributed by atoms with Crippen molar-refractivity contribution in [2.24, 2.45) is 0 Å². The third kappa shape index (κ3) is 4.50. The number of hydrogen-bond donors (Lipinski definition) is 2. The summed E-state index contributed by atoms with van der Waals surface area (Å²) in [6.07, 6.45) is 4.18. The van der Waals surface area contributed by atoms with Crippen LogP contribution in [-0.2, 0) is 11.3 Å². The number of aromatic hydroxyl groups is 1. The summed E-state index contributed by atoms with van der Waals surface area (Å²) in [5, 5.41) is 10.8. The lowest BCUT2D eigenvalue weighted by Crippen LogP contribution is -2.29. The number of methoxy groups -OCH3 is 1. The van der Waals surface area contributed by atoms with Crippen LogP contribution in [0.4, 0.5) is 0 Å². The number of nitrogens with zero attached hydrogens (tertiary/aromatic N) is 1. The fourth-order valence-electron chi connectivity index (χ4n) is 3.03. The average Bonchev–Trinajstić information content (AvgIpc) is 3.09. The number of aromatic amines is 1. The SMILES string of the molecule is CCCN(Cc1cc2ccccc2[nH]1)C(=O)/C=C/c1ccc(O)c(OC)c1. The molecule has 1 heterocycles. The van der Waals surface area contributed by atoms with E-state index in [1.54, 1.807) is 30.4 Å². The number of carbonyl (C=O) groups is 1. The first-order valence-corrected chi connectivity index (χ1v) is 9.01. The zero-order valence-corrected chi connectivity index (χ0v) is 15.6. The zero-order chi connectivity index (χ0) is 19.2. The van der Waals surface area contributed by atoms with Crippen molar-refractivity contribution in [3.05, 3.63) is 65.9 Å². The third-order valence-electron chi connectivity index (χ3n) is 4.37. The maximum absolute atomic E-state index is 12.7. The largest absolute Gasteiger partial charge is 0.504 e. The number of nitrogens with one attached hydrogen (secondary N) is 1. The van der Waals surface area contributed by atoms with Crippen LogP contribution in [0.25, 0.3) is 17.0 Å². The van der Waals surface area contributed by atoms with E-state index in [9.17, 15) is 9.90 Å². The first-order chi connectivity index (χ1) is 13.1. The molecule has 0 aliphatic rings. The van der Waals surface area contributed by atoms with Gasteiger partial charge in [-0.1, -0.05) is 31.2 Å². The number of phenols is 1. The Morgan fingerprint density at radius 2 is 2.04 bits per heavy atom. The maximum Gasteiger partial charge on any atom is 0.246 e. The fourth-order valence-corrected chi connectivity index (χ4v) is 3.03.